The first kappa shape index (κ1) is 9.00. The fourth-order valence-electron chi connectivity index (χ4n) is 0.671. The van der Waals surface area contributed by atoms with E-state index in [9.17, 15) is 0 Å². The SMILES string of the molecule is CCONCc1cc(Cl)cs1. The third-order valence-electron chi connectivity index (χ3n) is 1.11. The van der Waals surface area contributed by atoms with Gasteiger partial charge in [-0.2, -0.15) is 5.48 Å². The third kappa shape index (κ3) is 3.20. The van der Waals surface area contributed by atoms with Gasteiger partial charge in [-0.1, -0.05) is 11.6 Å². The van der Waals surface area contributed by atoms with Gasteiger partial charge in [0.2, 0.25) is 0 Å². The van der Waals surface area contributed by atoms with Gasteiger partial charge in [0.15, 0.2) is 0 Å². The van der Waals surface area contributed by atoms with E-state index in [0.29, 0.717) is 6.61 Å². The lowest BCUT2D eigenvalue weighted by Gasteiger charge is -1.99. The Balaban J connectivity index is 2.27. The molecule has 4 heteroatoms. The summed E-state index contributed by atoms with van der Waals surface area (Å²) in [5.41, 5.74) is 2.82. The second-order valence-corrected chi connectivity index (χ2v) is 3.42. The number of hydrogen-bond acceptors (Lipinski definition) is 3. The van der Waals surface area contributed by atoms with E-state index in [0.717, 1.165) is 11.6 Å². The quantitative estimate of drug-likeness (QED) is 0.583. The molecule has 11 heavy (non-hydrogen) atoms. The van der Waals surface area contributed by atoms with Gasteiger partial charge in [-0.3, -0.25) is 0 Å². The monoisotopic (exact) mass is 191 g/mol. The minimum atomic E-state index is 0.680. The fourth-order valence-corrected chi connectivity index (χ4v) is 1.67. The van der Waals surface area contributed by atoms with Crippen LogP contribution in [0.25, 0.3) is 0 Å². The number of rotatable bonds is 4. The summed E-state index contributed by atoms with van der Waals surface area (Å²) in [6, 6.07) is 1.93. The van der Waals surface area contributed by atoms with E-state index in [1.807, 2.05) is 18.4 Å². The van der Waals surface area contributed by atoms with Gasteiger partial charge in [0, 0.05) is 10.3 Å². The number of halogens is 1. The van der Waals surface area contributed by atoms with Gasteiger partial charge in [0.05, 0.1) is 18.2 Å². The van der Waals surface area contributed by atoms with E-state index in [1.54, 1.807) is 11.3 Å². The molecule has 0 spiro atoms. The molecule has 1 aromatic rings. The molecule has 0 aliphatic heterocycles. The van der Waals surface area contributed by atoms with E-state index in [-0.39, 0.29) is 0 Å². The predicted molar refractivity (Wildman–Crippen MR) is 47.8 cm³/mol. The molecule has 0 aliphatic rings. The van der Waals surface area contributed by atoms with Gasteiger partial charge in [0.25, 0.3) is 0 Å². The highest BCUT2D eigenvalue weighted by molar-refractivity contribution is 7.10. The van der Waals surface area contributed by atoms with Crippen LogP contribution in [0, 0.1) is 0 Å². The Kier molecular flexibility index (Phi) is 3.86. The molecule has 1 N–H and O–H groups in total. The normalized spacial score (nSPS) is 10.4. The van der Waals surface area contributed by atoms with Crippen LogP contribution in [0.3, 0.4) is 0 Å². The maximum Gasteiger partial charge on any atom is 0.0654 e. The van der Waals surface area contributed by atoms with Gasteiger partial charge in [-0.25, -0.2) is 0 Å². The molecule has 1 aromatic heterocycles. The van der Waals surface area contributed by atoms with Crippen LogP contribution in [0.4, 0.5) is 0 Å². The summed E-state index contributed by atoms with van der Waals surface area (Å²) >= 11 is 7.34. The lowest BCUT2D eigenvalue weighted by molar-refractivity contribution is 0.0469. The van der Waals surface area contributed by atoms with Crippen molar-refractivity contribution >= 4 is 22.9 Å². The van der Waals surface area contributed by atoms with Crippen LogP contribution in [0.2, 0.25) is 5.02 Å². The Morgan fingerprint density at radius 1 is 1.73 bits per heavy atom. The summed E-state index contributed by atoms with van der Waals surface area (Å²) in [6.07, 6.45) is 0. The summed E-state index contributed by atoms with van der Waals surface area (Å²) < 4.78 is 0. The molecule has 0 fully saturated rings. The smallest absolute Gasteiger partial charge is 0.0654 e. The third-order valence-corrected chi connectivity index (χ3v) is 2.40. The Hall–Kier alpha value is -0.0900. The van der Waals surface area contributed by atoms with Crippen molar-refractivity contribution < 1.29 is 4.84 Å². The highest BCUT2D eigenvalue weighted by Gasteiger charge is 1.95. The standard InChI is InChI=1S/C7H10ClNOS/c1-2-10-9-4-7-3-6(8)5-11-7/h3,5,9H,2,4H2,1H3. The summed E-state index contributed by atoms with van der Waals surface area (Å²) in [7, 11) is 0. The van der Waals surface area contributed by atoms with Crippen LogP contribution in [-0.4, -0.2) is 6.61 Å². The molecule has 0 radical (unpaired) electrons. The van der Waals surface area contributed by atoms with Gasteiger partial charge in [0.1, 0.15) is 0 Å². The van der Waals surface area contributed by atoms with E-state index in [4.69, 9.17) is 16.4 Å². The van der Waals surface area contributed by atoms with Crippen LogP contribution < -0.4 is 5.48 Å². The second-order valence-electron chi connectivity index (χ2n) is 1.99. The van der Waals surface area contributed by atoms with Gasteiger partial charge in [-0.05, 0) is 13.0 Å². The Morgan fingerprint density at radius 3 is 3.09 bits per heavy atom. The molecule has 0 saturated carbocycles. The molecular weight excluding hydrogens is 182 g/mol. The van der Waals surface area contributed by atoms with Crippen molar-refractivity contribution in [3.63, 3.8) is 0 Å². The molecule has 0 aromatic carbocycles. The van der Waals surface area contributed by atoms with Crippen molar-refractivity contribution in [2.24, 2.45) is 0 Å². The maximum absolute atomic E-state index is 5.72. The van der Waals surface area contributed by atoms with Crippen molar-refractivity contribution in [3.05, 3.63) is 21.3 Å². The zero-order valence-corrected chi connectivity index (χ0v) is 7.84. The highest BCUT2D eigenvalue weighted by atomic mass is 35.5. The maximum atomic E-state index is 5.72. The summed E-state index contributed by atoms with van der Waals surface area (Å²) in [5.74, 6) is 0. The van der Waals surface area contributed by atoms with Crippen LogP contribution in [-0.2, 0) is 11.4 Å². The average Bonchev–Trinajstić information content (AvgIpc) is 2.37. The fraction of sp³-hybridized carbons (Fsp3) is 0.429. The van der Waals surface area contributed by atoms with Gasteiger partial charge in [-0.15, -0.1) is 11.3 Å². The van der Waals surface area contributed by atoms with Crippen LogP contribution in [0.15, 0.2) is 11.4 Å². The van der Waals surface area contributed by atoms with Crippen molar-refractivity contribution in [2.45, 2.75) is 13.5 Å². The molecule has 0 amide bonds. The van der Waals surface area contributed by atoms with Gasteiger partial charge < -0.3 is 4.84 Å². The first-order valence-corrected chi connectivity index (χ1v) is 4.66. The van der Waals surface area contributed by atoms with E-state index in [2.05, 4.69) is 5.48 Å². The minimum absolute atomic E-state index is 0.680. The largest absolute Gasteiger partial charge is 0.302 e. The summed E-state index contributed by atoms with van der Waals surface area (Å²) in [5, 5.41) is 2.70. The number of hydroxylamine groups is 1. The molecular formula is C7H10ClNOS. The van der Waals surface area contributed by atoms with E-state index in [1.165, 1.54) is 4.88 Å². The summed E-state index contributed by atoms with van der Waals surface area (Å²) in [6.45, 7) is 3.35. The molecule has 0 aliphatic carbocycles. The van der Waals surface area contributed by atoms with Gasteiger partial charge >= 0.3 is 0 Å². The predicted octanol–water partition coefficient (Wildman–Crippen LogP) is 2.44. The zero-order valence-electron chi connectivity index (χ0n) is 6.26. The van der Waals surface area contributed by atoms with Crippen molar-refractivity contribution in [1.29, 1.82) is 0 Å². The molecule has 62 valence electrons. The van der Waals surface area contributed by atoms with Crippen LogP contribution >= 0.6 is 22.9 Å². The Labute approximate surface area is 75.1 Å². The number of hydrogen-bond donors (Lipinski definition) is 1. The molecule has 1 heterocycles. The molecule has 0 unspecified atom stereocenters. The van der Waals surface area contributed by atoms with Crippen molar-refractivity contribution in [3.8, 4) is 0 Å². The topological polar surface area (TPSA) is 21.3 Å². The lowest BCUT2D eigenvalue weighted by Crippen LogP contribution is -2.12. The molecule has 1 rings (SSSR count). The minimum Gasteiger partial charge on any atom is -0.302 e. The molecule has 0 atom stereocenters. The van der Waals surface area contributed by atoms with Crippen LogP contribution in [0.5, 0.6) is 0 Å². The average molecular weight is 192 g/mol. The van der Waals surface area contributed by atoms with Crippen molar-refractivity contribution in [2.75, 3.05) is 6.61 Å². The zero-order chi connectivity index (χ0) is 8.10. The molecule has 2 nitrogen and oxygen atoms in total. The summed E-state index contributed by atoms with van der Waals surface area (Å²) in [4.78, 5) is 6.14. The second kappa shape index (κ2) is 4.72. The Morgan fingerprint density at radius 2 is 2.55 bits per heavy atom. The van der Waals surface area contributed by atoms with E-state index < -0.39 is 0 Å². The lowest BCUT2D eigenvalue weighted by atomic mass is 10.5. The first-order valence-electron chi connectivity index (χ1n) is 3.40. The number of nitrogens with one attached hydrogen (secondary N) is 1. The first-order chi connectivity index (χ1) is 5.33. The van der Waals surface area contributed by atoms with Crippen molar-refractivity contribution in [1.82, 2.24) is 5.48 Å². The number of thiophene rings is 1. The van der Waals surface area contributed by atoms with Crippen LogP contribution in [0.1, 0.15) is 11.8 Å². The Bertz CT molecular complexity index is 214. The molecule has 0 bridgehead atoms. The van der Waals surface area contributed by atoms with E-state index >= 15 is 0 Å². The highest BCUT2D eigenvalue weighted by Crippen LogP contribution is 2.18. The molecule has 0 saturated heterocycles.